The average molecular weight is 952 g/mol. The van der Waals surface area contributed by atoms with Gasteiger partial charge in [0.05, 0.1) is 13.2 Å². The summed E-state index contributed by atoms with van der Waals surface area (Å²) in [7, 11) is -4.44. The maximum absolute atomic E-state index is 12.2. The number of phosphoric acid groups is 1. The molecule has 3 N–H and O–H groups in total. The van der Waals surface area contributed by atoms with E-state index in [0.29, 0.717) is 6.42 Å². The maximum Gasteiger partial charge on any atom is 0.472 e. The van der Waals surface area contributed by atoms with Gasteiger partial charge in [-0.15, -0.1) is 0 Å². The number of nitrogens with one attached hydrogen (secondary N) is 1. The fourth-order valence-electron chi connectivity index (χ4n) is 6.48. The molecule has 0 heterocycles. The van der Waals surface area contributed by atoms with Crippen molar-refractivity contribution < 1.29 is 37.9 Å². The van der Waals surface area contributed by atoms with Crippen molar-refractivity contribution in [2.24, 2.45) is 0 Å². The number of allylic oxidation sites excluding steroid dienone is 20. The Labute approximate surface area is 409 Å². The molecule has 0 aliphatic rings. The normalized spacial score (nSPS) is 14.1. The van der Waals surface area contributed by atoms with Crippen molar-refractivity contribution in [1.29, 1.82) is 0 Å². The SMILES string of the molecule is CC/C=C\C/C=C\C/C=C\C/C=C\C/C=C\C/C=C\CCCCCCC(=O)NCCOP(=O)(O)OCC(O)COC(=O)CCCCCCCCC/C=C\C/C=C\C/C=C\C/C=C\CCCCC. The van der Waals surface area contributed by atoms with Gasteiger partial charge in [0.1, 0.15) is 12.7 Å². The van der Waals surface area contributed by atoms with E-state index < -0.39 is 26.5 Å². The Balaban J connectivity index is 3.67. The van der Waals surface area contributed by atoms with Crippen LogP contribution in [0.4, 0.5) is 0 Å². The molecule has 0 fully saturated rings. The van der Waals surface area contributed by atoms with Crippen LogP contribution in [0.1, 0.15) is 194 Å². The Morgan fingerprint density at radius 3 is 1.28 bits per heavy atom. The van der Waals surface area contributed by atoms with E-state index in [4.69, 9.17) is 13.8 Å². The van der Waals surface area contributed by atoms with Gasteiger partial charge in [0.25, 0.3) is 0 Å². The molecule has 0 saturated heterocycles. The number of amides is 1. The van der Waals surface area contributed by atoms with Crippen LogP contribution in [0.15, 0.2) is 122 Å². The molecule has 0 rings (SSSR count). The van der Waals surface area contributed by atoms with Gasteiger partial charge in [-0.2, -0.15) is 0 Å². The lowest BCUT2D eigenvalue weighted by Gasteiger charge is -2.15. The Morgan fingerprint density at radius 2 is 0.851 bits per heavy atom. The summed E-state index contributed by atoms with van der Waals surface area (Å²) in [5.41, 5.74) is 0. The van der Waals surface area contributed by atoms with Gasteiger partial charge in [0.2, 0.25) is 5.91 Å². The molecule has 0 aromatic carbocycles. The highest BCUT2D eigenvalue weighted by molar-refractivity contribution is 7.47. The van der Waals surface area contributed by atoms with Crippen LogP contribution in [-0.2, 0) is 27.9 Å². The number of unbranched alkanes of at least 4 members (excludes halogenated alkanes) is 14. The number of carbonyl (C=O) groups excluding carboxylic acids is 2. The minimum Gasteiger partial charge on any atom is -0.463 e. The molecule has 0 spiro atoms. The van der Waals surface area contributed by atoms with Gasteiger partial charge in [0.15, 0.2) is 0 Å². The zero-order valence-electron chi connectivity index (χ0n) is 42.0. The first-order valence-corrected chi connectivity index (χ1v) is 27.5. The third-order valence-corrected chi connectivity index (χ3v) is 11.4. The quantitative estimate of drug-likeness (QED) is 0.0238. The van der Waals surface area contributed by atoms with E-state index in [2.05, 4.69) is 141 Å². The summed E-state index contributed by atoms with van der Waals surface area (Å²) in [5, 5.41) is 12.7. The lowest BCUT2D eigenvalue weighted by molar-refractivity contribution is -0.147. The van der Waals surface area contributed by atoms with Crippen LogP contribution in [0.2, 0.25) is 0 Å². The molecule has 67 heavy (non-hydrogen) atoms. The third-order valence-electron chi connectivity index (χ3n) is 10.4. The smallest absolute Gasteiger partial charge is 0.463 e. The summed E-state index contributed by atoms with van der Waals surface area (Å²) in [5.74, 6) is -0.561. The number of aliphatic hydroxyl groups excluding tert-OH is 1. The molecule has 0 aromatic rings. The second kappa shape index (κ2) is 51.8. The van der Waals surface area contributed by atoms with Crippen LogP contribution in [0, 0.1) is 0 Å². The van der Waals surface area contributed by atoms with E-state index in [9.17, 15) is 24.2 Å². The van der Waals surface area contributed by atoms with Gasteiger partial charge in [-0.1, -0.05) is 193 Å². The van der Waals surface area contributed by atoms with Gasteiger partial charge >= 0.3 is 13.8 Å². The van der Waals surface area contributed by atoms with Crippen LogP contribution in [0.25, 0.3) is 0 Å². The number of phosphoric ester groups is 1. The number of hydrogen-bond acceptors (Lipinski definition) is 7. The number of esters is 1. The van der Waals surface area contributed by atoms with Gasteiger partial charge < -0.3 is 20.1 Å². The first-order chi connectivity index (χ1) is 32.8. The second-order valence-electron chi connectivity index (χ2n) is 16.8. The fraction of sp³-hybridized carbons (Fsp3) is 0.614. The Bertz CT molecular complexity index is 1500. The van der Waals surface area contributed by atoms with Crippen LogP contribution < -0.4 is 5.32 Å². The largest absolute Gasteiger partial charge is 0.472 e. The molecule has 380 valence electrons. The molecule has 0 aliphatic carbocycles. The molecular formula is C57H94NO8P. The zero-order valence-corrected chi connectivity index (χ0v) is 42.9. The second-order valence-corrected chi connectivity index (χ2v) is 18.2. The monoisotopic (exact) mass is 952 g/mol. The molecule has 9 nitrogen and oxygen atoms in total. The molecule has 2 unspecified atom stereocenters. The topological polar surface area (TPSA) is 131 Å². The van der Waals surface area contributed by atoms with Crippen molar-refractivity contribution in [2.75, 3.05) is 26.4 Å². The van der Waals surface area contributed by atoms with Crippen molar-refractivity contribution in [3.63, 3.8) is 0 Å². The highest BCUT2D eigenvalue weighted by Crippen LogP contribution is 2.42. The van der Waals surface area contributed by atoms with Crippen molar-refractivity contribution in [1.82, 2.24) is 5.32 Å². The summed E-state index contributed by atoms with van der Waals surface area (Å²) < 4.78 is 27.0. The predicted molar refractivity (Wildman–Crippen MR) is 284 cm³/mol. The highest BCUT2D eigenvalue weighted by atomic mass is 31.2. The van der Waals surface area contributed by atoms with Gasteiger partial charge in [0, 0.05) is 19.4 Å². The van der Waals surface area contributed by atoms with Crippen LogP contribution in [0.3, 0.4) is 0 Å². The molecule has 0 bridgehead atoms. The minimum absolute atomic E-state index is 0.0579. The molecule has 1 amide bonds. The molecule has 0 aromatic heterocycles. The highest BCUT2D eigenvalue weighted by Gasteiger charge is 2.23. The summed E-state index contributed by atoms with van der Waals surface area (Å²) >= 11 is 0. The van der Waals surface area contributed by atoms with Crippen LogP contribution in [-0.4, -0.2) is 54.3 Å². The molecular weight excluding hydrogens is 858 g/mol. The fourth-order valence-corrected chi connectivity index (χ4v) is 7.24. The summed E-state index contributed by atoms with van der Waals surface area (Å²) in [6.07, 6.45) is 71.3. The standard InChI is InChI=1S/C57H94NO8P/c1-3-5-7-9-11-13-15-17-19-21-23-25-27-29-31-33-35-37-39-41-43-45-47-49-56(60)58-51-52-65-67(62,63)66-54-55(59)53-64-57(61)50-48-46-44-42-40-38-36-34-32-30-28-26-24-22-20-18-16-14-12-10-8-6-4-2/h5,7,11-14,17-20,23-26,29-32,35,37,55,59H,3-4,6,8-10,15-16,21-22,27-28,33-34,36,38-54H2,1-2H3,(H,58,60)(H,62,63)/b7-5-,13-11-,14-12-,19-17-,20-18-,25-23-,26-24-,31-29-,32-30-,37-35-. The van der Waals surface area contributed by atoms with Crippen LogP contribution >= 0.6 is 7.82 Å². The van der Waals surface area contributed by atoms with Crippen molar-refractivity contribution in [3.8, 4) is 0 Å². The molecule has 10 heteroatoms. The van der Waals surface area contributed by atoms with E-state index in [-0.39, 0.29) is 32.1 Å². The average Bonchev–Trinajstić information content (AvgIpc) is 3.32. The van der Waals surface area contributed by atoms with Crippen molar-refractivity contribution in [3.05, 3.63) is 122 Å². The van der Waals surface area contributed by atoms with Crippen LogP contribution in [0.5, 0.6) is 0 Å². The van der Waals surface area contributed by atoms with E-state index in [1.54, 1.807) is 0 Å². The first kappa shape index (κ1) is 63.4. The third kappa shape index (κ3) is 53.2. The van der Waals surface area contributed by atoms with E-state index >= 15 is 0 Å². The maximum atomic E-state index is 12.2. The predicted octanol–water partition coefficient (Wildman–Crippen LogP) is 15.7. The first-order valence-electron chi connectivity index (χ1n) is 26.0. The number of ether oxygens (including phenoxy) is 1. The van der Waals surface area contributed by atoms with E-state index in [0.717, 1.165) is 122 Å². The molecule has 0 aliphatic heterocycles. The summed E-state index contributed by atoms with van der Waals surface area (Å²) in [6, 6.07) is 0. The minimum atomic E-state index is -4.44. The molecule has 2 atom stereocenters. The Morgan fingerprint density at radius 1 is 0.478 bits per heavy atom. The van der Waals surface area contributed by atoms with E-state index in [1.807, 2.05) is 0 Å². The number of carbonyl (C=O) groups is 2. The Kier molecular flexibility index (Phi) is 49.0. The van der Waals surface area contributed by atoms with Gasteiger partial charge in [-0.25, -0.2) is 4.57 Å². The number of hydrogen-bond donors (Lipinski definition) is 3. The van der Waals surface area contributed by atoms with Gasteiger partial charge in [-0.05, 0) is 109 Å². The Hall–Kier alpha value is -3.59. The van der Waals surface area contributed by atoms with Crippen molar-refractivity contribution in [2.45, 2.75) is 200 Å². The van der Waals surface area contributed by atoms with Crippen molar-refractivity contribution >= 4 is 19.7 Å². The zero-order chi connectivity index (χ0) is 48.8. The summed E-state index contributed by atoms with van der Waals surface area (Å²) in [4.78, 5) is 34.1. The lowest BCUT2D eigenvalue weighted by Crippen LogP contribution is -2.27. The molecule has 0 radical (unpaired) electrons. The number of aliphatic hydroxyl groups is 1. The lowest BCUT2D eigenvalue weighted by atomic mass is 10.1. The van der Waals surface area contributed by atoms with Gasteiger partial charge in [-0.3, -0.25) is 18.6 Å². The van der Waals surface area contributed by atoms with E-state index in [1.165, 1.54) is 44.9 Å². The molecule has 0 saturated carbocycles. The summed E-state index contributed by atoms with van der Waals surface area (Å²) in [6.45, 7) is 3.35. The number of rotatable bonds is 47.